The topological polar surface area (TPSA) is 12.0 Å². The van der Waals surface area contributed by atoms with E-state index in [0.29, 0.717) is 11.5 Å². The first-order chi connectivity index (χ1) is 7.02. The van der Waals surface area contributed by atoms with Gasteiger partial charge in [-0.1, -0.05) is 40.2 Å². The van der Waals surface area contributed by atoms with Gasteiger partial charge in [0.2, 0.25) is 0 Å². The van der Waals surface area contributed by atoms with Crippen molar-refractivity contribution >= 4 is 0 Å². The molecule has 0 saturated heterocycles. The lowest BCUT2D eigenvalue weighted by Gasteiger charge is -2.31. The highest BCUT2D eigenvalue weighted by Crippen LogP contribution is 2.23. The molecule has 1 atom stereocenters. The van der Waals surface area contributed by atoms with E-state index >= 15 is 0 Å². The molecule has 15 heavy (non-hydrogen) atoms. The molecule has 0 aromatic heterocycles. The van der Waals surface area contributed by atoms with Crippen LogP contribution in [-0.2, 0) is 0 Å². The van der Waals surface area contributed by atoms with Gasteiger partial charge in [0.15, 0.2) is 0 Å². The summed E-state index contributed by atoms with van der Waals surface area (Å²) in [7, 11) is 0. The van der Waals surface area contributed by atoms with Crippen LogP contribution < -0.4 is 5.32 Å². The molecule has 0 saturated carbocycles. The first-order valence-corrected chi connectivity index (χ1v) is 6.36. The van der Waals surface area contributed by atoms with Gasteiger partial charge in [-0.25, -0.2) is 0 Å². The van der Waals surface area contributed by atoms with Crippen molar-refractivity contribution in [2.75, 3.05) is 6.54 Å². The fourth-order valence-corrected chi connectivity index (χ4v) is 1.80. The van der Waals surface area contributed by atoms with Gasteiger partial charge in [0.05, 0.1) is 0 Å². The lowest BCUT2D eigenvalue weighted by molar-refractivity contribution is 0.250. The number of hydrogen-bond acceptors (Lipinski definition) is 1. The molecule has 0 aromatic rings. The molecule has 0 spiro atoms. The molecule has 1 heteroatoms. The second kappa shape index (κ2) is 7.92. The minimum Gasteiger partial charge on any atom is -0.313 e. The van der Waals surface area contributed by atoms with Gasteiger partial charge < -0.3 is 5.32 Å². The highest BCUT2D eigenvalue weighted by molar-refractivity contribution is 4.80. The van der Waals surface area contributed by atoms with Crippen molar-refractivity contribution < 1.29 is 0 Å². The molecule has 1 unspecified atom stereocenters. The number of hydrogen-bond donors (Lipinski definition) is 1. The van der Waals surface area contributed by atoms with Crippen LogP contribution in [0.5, 0.6) is 0 Å². The Bertz CT molecular complexity index is 155. The Morgan fingerprint density at radius 1 is 1.27 bits per heavy atom. The zero-order chi connectivity index (χ0) is 11.7. The monoisotopic (exact) mass is 211 g/mol. The molecule has 0 aliphatic heterocycles. The number of unbranched alkanes of at least 4 members (excludes halogenated alkanes) is 2. The SMILES string of the molecule is C=CCCCCC(NCCC)C(C)(C)C. The molecule has 0 heterocycles. The summed E-state index contributed by atoms with van der Waals surface area (Å²) in [5, 5.41) is 3.66. The third-order valence-electron chi connectivity index (χ3n) is 2.84. The van der Waals surface area contributed by atoms with E-state index in [4.69, 9.17) is 0 Å². The summed E-state index contributed by atoms with van der Waals surface area (Å²) in [6.07, 6.45) is 8.28. The van der Waals surface area contributed by atoms with Crippen LogP contribution in [0, 0.1) is 5.41 Å². The van der Waals surface area contributed by atoms with Gasteiger partial charge in [0, 0.05) is 6.04 Å². The third-order valence-corrected chi connectivity index (χ3v) is 2.84. The lowest BCUT2D eigenvalue weighted by Crippen LogP contribution is -2.40. The fraction of sp³-hybridized carbons (Fsp3) is 0.857. The molecule has 1 nitrogen and oxygen atoms in total. The highest BCUT2D eigenvalue weighted by Gasteiger charge is 2.22. The summed E-state index contributed by atoms with van der Waals surface area (Å²) in [6.45, 7) is 14.1. The Kier molecular flexibility index (Phi) is 7.76. The van der Waals surface area contributed by atoms with Gasteiger partial charge in [-0.05, 0) is 37.6 Å². The van der Waals surface area contributed by atoms with Crippen molar-refractivity contribution in [2.24, 2.45) is 5.41 Å². The second-order valence-corrected chi connectivity index (χ2v) is 5.45. The molecule has 0 aliphatic rings. The minimum absolute atomic E-state index is 0.378. The smallest absolute Gasteiger partial charge is 0.0116 e. The molecule has 0 radical (unpaired) electrons. The summed E-state index contributed by atoms with van der Waals surface area (Å²) < 4.78 is 0. The van der Waals surface area contributed by atoms with E-state index in [-0.39, 0.29) is 0 Å². The second-order valence-electron chi connectivity index (χ2n) is 5.45. The third kappa shape index (κ3) is 7.61. The van der Waals surface area contributed by atoms with E-state index in [1.165, 1.54) is 25.7 Å². The Hall–Kier alpha value is -0.300. The van der Waals surface area contributed by atoms with Gasteiger partial charge >= 0.3 is 0 Å². The first kappa shape index (κ1) is 14.7. The highest BCUT2D eigenvalue weighted by atomic mass is 14.9. The van der Waals surface area contributed by atoms with E-state index in [2.05, 4.69) is 39.6 Å². The van der Waals surface area contributed by atoms with Crippen molar-refractivity contribution in [3.63, 3.8) is 0 Å². The van der Waals surface area contributed by atoms with E-state index < -0.39 is 0 Å². The number of allylic oxidation sites excluding steroid dienone is 1. The van der Waals surface area contributed by atoms with Crippen LogP contribution in [0.15, 0.2) is 12.7 Å². The van der Waals surface area contributed by atoms with E-state index in [9.17, 15) is 0 Å². The summed E-state index contributed by atoms with van der Waals surface area (Å²) in [6, 6.07) is 0.655. The number of nitrogens with one attached hydrogen (secondary N) is 1. The van der Waals surface area contributed by atoms with Crippen LogP contribution in [0.2, 0.25) is 0 Å². The standard InChI is InChI=1S/C14H29N/c1-6-8-9-10-11-13(14(3,4)5)15-12-7-2/h6,13,15H,1,7-12H2,2-5H3. The summed E-state index contributed by atoms with van der Waals surface area (Å²) >= 11 is 0. The molecular weight excluding hydrogens is 182 g/mol. The average Bonchev–Trinajstić information content (AvgIpc) is 2.15. The largest absolute Gasteiger partial charge is 0.313 e. The van der Waals surface area contributed by atoms with Crippen molar-refractivity contribution in [3.05, 3.63) is 12.7 Å². The average molecular weight is 211 g/mol. The molecule has 0 aromatic carbocycles. The molecular formula is C14H29N. The van der Waals surface area contributed by atoms with Gasteiger partial charge in [-0.2, -0.15) is 0 Å². The summed E-state index contributed by atoms with van der Waals surface area (Å²) in [4.78, 5) is 0. The quantitative estimate of drug-likeness (QED) is 0.470. The van der Waals surface area contributed by atoms with Crippen molar-refractivity contribution in [3.8, 4) is 0 Å². The van der Waals surface area contributed by atoms with Crippen LogP contribution in [0.25, 0.3) is 0 Å². The zero-order valence-electron chi connectivity index (χ0n) is 11.1. The van der Waals surface area contributed by atoms with Crippen LogP contribution in [0.4, 0.5) is 0 Å². The van der Waals surface area contributed by atoms with E-state index in [0.717, 1.165) is 13.0 Å². The normalized spacial score (nSPS) is 13.9. The maximum absolute atomic E-state index is 3.76. The Balaban J connectivity index is 3.85. The Morgan fingerprint density at radius 3 is 2.40 bits per heavy atom. The van der Waals surface area contributed by atoms with Gasteiger partial charge in [0.25, 0.3) is 0 Å². The number of rotatable bonds is 8. The molecule has 0 rings (SSSR count). The van der Waals surface area contributed by atoms with Crippen molar-refractivity contribution in [2.45, 2.75) is 65.8 Å². The van der Waals surface area contributed by atoms with E-state index in [1.54, 1.807) is 0 Å². The predicted molar refractivity (Wildman–Crippen MR) is 70.2 cm³/mol. The van der Waals surface area contributed by atoms with Gasteiger partial charge in [0.1, 0.15) is 0 Å². The van der Waals surface area contributed by atoms with Crippen LogP contribution in [-0.4, -0.2) is 12.6 Å². The summed E-state index contributed by atoms with van der Waals surface area (Å²) in [5.41, 5.74) is 0.378. The van der Waals surface area contributed by atoms with Crippen molar-refractivity contribution in [1.29, 1.82) is 0 Å². The van der Waals surface area contributed by atoms with E-state index in [1.807, 2.05) is 6.08 Å². The summed E-state index contributed by atoms with van der Waals surface area (Å²) in [5.74, 6) is 0. The predicted octanol–water partition coefficient (Wildman–Crippen LogP) is 4.15. The Labute approximate surface area is 96.3 Å². The minimum atomic E-state index is 0.378. The van der Waals surface area contributed by atoms with Gasteiger partial charge in [-0.15, -0.1) is 6.58 Å². The maximum atomic E-state index is 3.76. The van der Waals surface area contributed by atoms with Crippen molar-refractivity contribution in [1.82, 2.24) is 5.32 Å². The first-order valence-electron chi connectivity index (χ1n) is 6.36. The maximum Gasteiger partial charge on any atom is 0.0116 e. The molecule has 0 aliphatic carbocycles. The zero-order valence-corrected chi connectivity index (χ0v) is 11.1. The van der Waals surface area contributed by atoms with Gasteiger partial charge in [-0.3, -0.25) is 0 Å². The molecule has 90 valence electrons. The fourth-order valence-electron chi connectivity index (χ4n) is 1.80. The molecule has 1 N–H and O–H groups in total. The Morgan fingerprint density at radius 2 is 1.93 bits per heavy atom. The molecule has 0 bridgehead atoms. The molecule has 0 amide bonds. The van der Waals surface area contributed by atoms with Crippen LogP contribution >= 0.6 is 0 Å². The van der Waals surface area contributed by atoms with Crippen LogP contribution in [0.1, 0.15) is 59.8 Å². The lowest BCUT2D eigenvalue weighted by atomic mass is 9.83. The van der Waals surface area contributed by atoms with Crippen LogP contribution in [0.3, 0.4) is 0 Å². The molecule has 0 fully saturated rings.